The second-order valence-corrected chi connectivity index (χ2v) is 4.78. The fourth-order valence-electron chi connectivity index (χ4n) is 1.83. The lowest BCUT2D eigenvalue weighted by Crippen LogP contribution is -2.19. The smallest absolute Gasteiger partial charge is 0.292 e. The van der Waals surface area contributed by atoms with Crippen LogP contribution < -0.4 is 5.32 Å². The molecular formula is C12H16N2O4. The maximum atomic E-state index is 10.9. The van der Waals surface area contributed by atoms with Crippen molar-refractivity contribution in [3.63, 3.8) is 0 Å². The molecule has 0 heterocycles. The summed E-state index contributed by atoms with van der Waals surface area (Å²) in [6.07, 6.45) is 1.87. The van der Waals surface area contributed by atoms with Crippen molar-refractivity contribution >= 4 is 11.4 Å². The van der Waals surface area contributed by atoms with E-state index in [1.807, 2.05) is 0 Å². The van der Waals surface area contributed by atoms with Crippen molar-refractivity contribution in [3.8, 4) is 0 Å². The third-order valence-corrected chi connectivity index (χ3v) is 3.39. The second-order valence-electron chi connectivity index (χ2n) is 4.78. The first kappa shape index (κ1) is 12.8. The predicted molar refractivity (Wildman–Crippen MR) is 66.3 cm³/mol. The predicted octanol–water partition coefficient (Wildman–Crippen LogP) is 1.27. The van der Waals surface area contributed by atoms with Gasteiger partial charge >= 0.3 is 0 Å². The van der Waals surface area contributed by atoms with Crippen molar-refractivity contribution in [3.05, 3.63) is 33.9 Å². The van der Waals surface area contributed by atoms with E-state index in [0.717, 1.165) is 12.8 Å². The molecular weight excluding hydrogens is 236 g/mol. The van der Waals surface area contributed by atoms with Crippen molar-refractivity contribution in [1.82, 2.24) is 0 Å². The van der Waals surface area contributed by atoms with Crippen molar-refractivity contribution in [2.24, 2.45) is 5.41 Å². The molecule has 0 aromatic heterocycles. The van der Waals surface area contributed by atoms with Crippen LogP contribution in [0.25, 0.3) is 0 Å². The molecule has 1 aromatic carbocycles. The zero-order chi connectivity index (χ0) is 13.2. The van der Waals surface area contributed by atoms with Crippen LogP contribution in [0, 0.1) is 15.5 Å². The number of aliphatic hydroxyl groups is 2. The van der Waals surface area contributed by atoms with Gasteiger partial charge in [0, 0.05) is 18.0 Å². The highest BCUT2D eigenvalue weighted by Crippen LogP contribution is 2.45. The number of hydrogen-bond acceptors (Lipinski definition) is 5. The summed E-state index contributed by atoms with van der Waals surface area (Å²) in [5.41, 5.74) is 0.882. The standard InChI is InChI=1S/C12H16N2O4/c15-6-9-1-2-11(14(17)18)10(5-9)13-7-12(8-16)3-4-12/h1-2,5,13,15-16H,3-4,6-8H2. The molecule has 0 unspecified atom stereocenters. The molecule has 1 saturated carbocycles. The third kappa shape index (κ3) is 2.60. The van der Waals surface area contributed by atoms with E-state index in [1.54, 1.807) is 6.07 Å². The Morgan fingerprint density at radius 2 is 2.11 bits per heavy atom. The van der Waals surface area contributed by atoms with Crippen molar-refractivity contribution < 1.29 is 15.1 Å². The van der Waals surface area contributed by atoms with E-state index in [-0.39, 0.29) is 24.3 Å². The summed E-state index contributed by atoms with van der Waals surface area (Å²) in [6.45, 7) is 0.449. The number of aliphatic hydroxyl groups excluding tert-OH is 2. The van der Waals surface area contributed by atoms with Gasteiger partial charge in [-0.05, 0) is 30.5 Å². The highest BCUT2D eigenvalue weighted by Gasteiger charge is 2.41. The van der Waals surface area contributed by atoms with Gasteiger partial charge in [0.25, 0.3) is 5.69 Å². The maximum Gasteiger partial charge on any atom is 0.292 e. The first-order valence-electron chi connectivity index (χ1n) is 5.83. The van der Waals surface area contributed by atoms with E-state index in [2.05, 4.69) is 5.32 Å². The molecule has 1 fully saturated rings. The minimum Gasteiger partial charge on any atom is -0.396 e. The van der Waals surface area contributed by atoms with Crippen molar-refractivity contribution in [1.29, 1.82) is 0 Å². The van der Waals surface area contributed by atoms with Gasteiger partial charge in [0.15, 0.2) is 0 Å². The molecule has 1 aromatic rings. The van der Waals surface area contributed by atoms with E-state index < -0.39 is 4.92 Å². The summed E-state index contributed by atoms with van der Waals surface area (Å²) in [4.78, 5) is 10.4. The van der Waals surface area contributed by atoms with Crippen LogP contribution >= 0.6 is 0 Å². The molecule has 0 aliphatic heterocycles. The normalized spacial score (nSPS) is 16.3. The van der Waals surface area contributed by atoms with Crippen LogP contribution in [0.3, 0.4) is 0 Å². The fourth-order valence-corrected chi connectivity index (χ4v) is 1.83. The number of nitrogens with zero attached hydrogens (tertiary/aromatic N) is 1. The van der Waals surface area contributed by atoms with Gasteiger partial charge in [-0.2, -0.15) is 0 Å². The second kappa shape index (κ2) is 4.91. The minimum absolute atomic E-state index is 0.0130. The zero-order valence-electron chi connectivity index (χ0n) is 9.93. The summed E-state index contributed by atoms with van der Waals surface area (Å²) in [5.74, 6) is 0. The van der Waals surface area contributed by atoms with Gasteiger partial charge in [-0.15, -0.1) is 0 Å². The van der Waals surface area contributed by atoms with E-state index in [9.17, 15) is 15.2 Å². The van der Waals surface area contributed by atoms with Crippen LogP contribution in [0.4, 0.5) is 11.4 Å². The summed E-state index contributed by atoms with van der Waals surface area (Å²) in [6, 6.07) is 4.49. The summed E-state index contributed by atoms with van der Waals surface area (Å²) < 4.78 is 0. The molecule has 0 bridgehead atoms. The average molecular weight is 252 g/mol. The lowest BCUT2D eigenvalue weighted by Gasteiger charge is -2.14. The maximum absolute atomic E-state index is 10.9. The van der Waals surface area contributed by atoms with Gasteiger partial charge < -0.3 is 15.5 Å². The topological polar surface area (TPSA) is 95.6 Å². The summed E-state index contributed by atoms with van der Waals surface area (Å²) >= 11 is 0. The average Bonchev–Trinajstić information content (AvgIpc) is 3.16. The van der Waals surface area contributed by atoms with Crippen LogP contribution in [-0.4, -0.2) is 28.3 Å². The van der Waals surface area contributed by atoms with Gasteiger partial charge in [-0.3, -0.25) is 10.1 Å². The van der Waals surface area contributed by atoms with Crippen LogP contribution in [0.2, 0.25) is 0 Å². The lowest BCUT2D eigenvalue weighted by molar-refractivity contribution is -0.384. The molecule has 6 heteroatoms. The number of nitro groups is 1. The molecule has 0 radical (unpaired) electrons. The van der Waals surface area contributed by atoms with E-state index >= 15 is 0 Å². The lowest BCUT2D eigenvalue weighted by atomic mass is 10.1. The van der Waals surface area contributed by atoms with Crippen LogP contribution in [-0.2, 0) is 6.61 Å². The molecule has 3 N–H and O–H groups in total. The van der Waals surface area contributed by atoms with Gasteiger partial charge in [-0.1, -0.05) is 0 Å². The summed E-state index contributed by atoms with van der Waals surface area (Å²) in [5, 5.41) is 32.1. The van der Waals surface area contributed by atoms with Crippen LogP contribution in [0.1, 0.15) is 18.4 Å². The monoisotopic (exact) mass is 252 g/mol. The first-order chi connectivity index (χ1) is 8.60. The molecule has 98 valence electrons. The molecule has 6 nitrogen and oxygen atoms in total. The molecule has 2 rings (SSSR count). The van der Waals surface area contributed by atoms with Crippen LogP contribution in [0.5, 0.6) is 0 Å². The molecule has 1 aliphatic rings. The van der Waals surface area contributed by atoms with E-state index in [1.165, 1.54) is 12.1 Å². The Hall–Kier alpha value is -1.66. The minimum atomic E-state index is -0.456. The number of hydrogen-bond donors (Lipinski definition) is 3. The fraction of sp³-hybridized carbons (Fsp3) is 0.500. The SMILES string of the molecule is O=[N+]([O-])c1ccc(CO)cc1NCC1(CO)CC1. The van der Waals surface area contributed by atoms with Gasteiger partial charge in [0.05, 0.1) is 18.1 Å². The van der Waals surface area contributed by atoms with E-state index in [0.29, 0.717) is 17.8 Å². The Labute approximate surface area is 104 Å². The number of benzene rings is 1. The van der Waals surface area contributed by atoms with Gasteiger partial charge in [0.1, 0.15) is 5.69 Å². The third-order valence-electron chi connectivity index (χ3n) is 3.39. The zero-order valence-corrected chi connectivity index (χ0v) is 9.93. The Balaban J connectivity index is 2.16. The molecule has 18 heavy (non-hydrogen) atoms. The molecule has 1 aliphatic carbocycles. The van der Waals surface area contributed by atoms with Gasteiger partial charge in [0.2, 0.25) is 0 Å². The van der Waals surface area contributed by atoms with Crippen LogP contribution in [0.15, 0.2) is 18.2 Å². The molecule has 0 atom stereocenters. The Morgan fingerprint density at radius 1 is 1.39 bits per heavy atom. The van der Waals surface area contributed by atoms with Crippen molar-refractivity contribution in [2.45, 2.75) is 19.4 Å². The van der Waals surface area contributed by atoms with E-state index in [4.69, 9.17) is 5.11 Å². The van der Waals surface area contributed by atoms with Crippen molar-refractivity contribution in [2.75, 3.05) is 18.5 Å². The summed E-state index contributed by atoms with van der Waals surface area (Å²) in [7, 11) is 0. The molecule has 0 saturated heterocycles. The number of rotatable bonds is 6. The Morgan fingerprint density at radius 3 is 2.61 bits per heavy atom. The highest BCUT2D eigenvalue weighted by molar-refractivity contribution is 5.63. The largest absolute Gasteiger partial charge is 0.396 e. The van der Waals surface area contributed by atoms with Gasteiger partial charge in [-0.25, -0.2) is 0 Å². The Bertz CT molecular complexity index is 457. The molecule has 0 amide bonds. The Kier molecular flexibility index (Phi) is 3.49. The number of anilines is 1. The quantitative estimate of drug-likeness (QED) is 0.523. The molecule has 0 spiro atoms. The highest BCUT2D eigenvalue weighted by atomic mass is 16.6. The number of nitrogens with one attached hydrogen (secondary N) is 1. The number of nitro benzene ring substituents is 1. The first-order valence-corrected chi connectivity index (χ1v) is 5.83.